The molecule has 0 aliphatic carbocycles. The summed E-state index contributed by atoms with van der Waals surface area (Å²) in [7, 11) is 1.56. The highest BCUT2D eigenvalue weighted by molar-refractivity contribution is 5.85. The van der Waals surface area contributed by atoms with E-state index >= 15 is 0 Å². The lowest BCUT2D eigenvalue weighted by Gasteiger charge is -2.26. The molecule has 1 aromatic carbocycles. The predicted octanol–water partition coefficient (Wildman–Crippen LogP) is 1.36. The molecule has 21 heavy (non-hydrogen) atoms. The van der Waals surface area contributed by atoms with Crippen molar-refractivity contribution >= 4 is 12.0 Å². The Morgan fingerprint density at radius 1 is 1.33 bits per heavy atom. The number of rotatable bonds is 8. The minimum atomic E-state index is -1.20. The van der Waals surface area contributed by atoms with Gasteiger partial charge >= 0.3 is 6.09 Å². The maximum Gasteiger partial charge on any atom is 0.405 e. The number of hydrogen-bond acceptors (Lipinski definition) is 3. The molecular weight excluding hydrogens is 272 g/mol. The van der Waals surface area contributed by atoms with Gasteiger partial charge in [0.2, 0.25) is 5.91 Å². The molecule has 0 fully saturated rings. The quantitative estimate of drug-likeness (QED) is 0.759. The molecule has 1 aromatic rings. The fourth-order valence-electron chi connectivity index (χ4n) is 2.04. The summed E-state index contributed by atoms with van der Waals surface area (Å²) in [5.74, 6) is -0.235. The van der Waals surface area contributed by atoms with Crippen molar-refractivity contribution in [1.82, 2.24) is 10.2 Å². The van der Waals surface area contributed by atoms with Gasteiger partial charge in [-0.2, -0.15) is 0 Å². The Morgan fingerprint density at radius 2 is 2.00 bits per heavy atom. The second kappa shape index (κ2) is 8.97. The van der Waals surface area contributed by atoms with Crippen LogP contribution in [0.1, 0.15) is 12.5 Å². The summed E-state index contributed by atoms with van der Waals surface area (Å²) in [6.07, 6.45) is -0.873. The van der Waals surface area contributed by atoms with Gasteiger partial charge < -0.3 is 20.1 Å². The highest BCUT2D eigenvalue weighted by Gasteiger charge is 2.25. The Kier molecular flexibility index (Phi) is 7.25. The zero-order chi connectivity index (χ0) is 15.7. The van der Waals surface area contributed by atoms with Gasteiger partial charge in [0.05, 0.1) is 6.61 Å². The molecule has 6 heteroatoms. The fourth-order valence-corrected chi connectivity index (χ4v) is 2.04. The van der Waals surface area contributed by atoms with Gasteiger partial charge in [-0.25, -0.2) is 4.79 Å². The third-order valence-electron chi connectivity index (χ3n) is 3.14. The van der Waals surface area contributed by atoms with E-state index in [1.165, 1.54) is 0 Å². The number of hydrogen-bond donors (Lipinski definition) is 2. The molecule has 0 spiro atoms. The van der Waals surface area contributed by atoms with Crippen molar-refractivity contribution in [3.63, 3.8) is 0 Å². The first-order chi connectivity index (χ1) is 10.1. The molecule has 0 radical (unpaired) electrons. The van der Waals surface area contributed by atoms with Gasteiger partial charge in [-0.05, 0) is 12.5 Å². The number of methoxy groups -OCH3 is 1. The second-order valence-corrected chi connectivity index (χ2v) is 4.60. The highest BCUT2D eigenvalue weighted by atomic mass is 16.5. The summed E-state index contributed by atoms with van der Waals surface area (Å²) in [6, 6.07) is 8.55. The Bertz CT molecular complexity index is 450. The molecule has 0 bridgehead atoms. The van der Waals surface area contributed by atoms with E-state index < -0.39 is 12.1 Å². The molecular formula is C15H22N2O4. The number of benzene rings is 1. The van der Waals surface area contributed by atoms with Crippen LogP contribution in [0, 0.1) is 0 Å². The van der Waals surface area contributed by atoms with Crippen molar-refractivity contribution in [2.75, 3.05) is 26.8 Å². The van der Waals surface area contributed by atoms with Crippen molar-refractivity contribution in [3.8, 4) is 0 Å². The molecule has 0 saturated carbocycles. The van der Waals surface area contributed by atoms with E-state index in [0.29, 0.717) is 26.1 Å². The number of carbonyl (C=O) groups is 2. The zero-order valence-corrected chi connectivity index (χ0v) is 12.4. The minimum Gasteiger partial charge on any atom is -0.465 e. The first-order valence-corrected chi connectivity index (χ1v) is 6.89. The Morgan fingerprint density at radius 3 is 2.52 bits per heavy atom. The van der Waals surface area contributed by atoms with Gasteiger partial charge in [0.15, 0.2) is 0 Å². The van der Waals surface area contributed by atoms with Crippen LogP contribution in [0.25, 0.3) is 0 Å². The lowest BCUT2D eigenvalue weighted by atomic mass is 10.0. The summed E-state index contributed by atoms with van der Waals surface area (Å²) >= 11 is 0. The predicted molar refractivity (Wildman–Crippen MR) is 79.2 cm³/mol. The molecule has 0 heterocycles. The summed E-state index contributed by atoms with van der Waals surface area (Å²) in [5, 5.41) is 11.2. The molecule has 6 nitrogen and oxygen atoms in total. The monoisotopic (exact) mass is 294 g/mol. The maximum absolute atomic E-state index is 12.5. The van der Waals surface area contributed by atoms with E-state index in [-0.39, 0.29) is 5.91 Å². The van der Waals surface area contributed by atoms with E-state index in [0.717, 1.165) is 5.56 Å². The van der Waals surface area contributed by atoms with Crippen LogP contribution < -0.4 is 5.32 Å². The topological polar surface area (TPSA) is 78.9 Å². The van der Waals surface area contributed by atoms with Crippen LogP contribution in [-0.2, 0) is 16.0 Å². The Labute approximate surface area is 124 Å². The van der Waals surface area contributed by atoms with E-state index in [1.807, 2.05) is 37.3 Å². The molecule has 1 rings (SSSR count). The Balaban J connectivity index is 2.79. The molecule has 0 aliphatic heterocycles. The third kappa shape index (κ3) is 5.83. The third-order valence-corrected chi connectivity index (χ3v) is 3.14. The van der Waals surface area contributed by atoms with Gasteiger partial charge in [-0.3, -0.25) is 4.79 Å². The Hall–Kier alpha value is -2.08. The van der Waals surface area contributed by atoms with Crippen molar-refractivity contribution in [3.05, 3.63) is 35.9 Å². The van der Waals surface area contributed by atoms with Gasteiger partial charge in [-0.15, -0.1) is 0 Å². The first-order valence-electron chi connectivity index (χ1n) is 6.89. The van der Waals surface area contributed by atoms with Crippen molar-refractivity contribution in [2.24, 2.45) is 0 Å². The van der Waals surface area contributed by atoms with Gasteiger partial charge in [0, 0.05) is 26.6 Å². The number of ether oxygens (including phenoxy) is 1. The SMILES string of the molecule is CCN(CCOC)C(=O)C(Cc1ccccc1)NC(=O)O. The van der Waals surface area contributed by atoms with Crippen molar-refractivity contribution < 1.29 is 19.4 Å². The van der Waals surface area contributed by atoms with Crippen LogP contribution in [0.15, 0.2) is 30.3 Å². The van der Waals surface area contributed by atoms with E-state index in [9.17, 15) is 9.59 Å². The number of carbonyl (C=O) groups excluding carboxylic acids is 1. The molecule has 1 unspecified atom stereocenters. The average molecular weight is 294 g/mol. The number of likely N-dealkylation sites (N-methyl/N-ethyl adjacent to an activating group) is 1. The molecule has 0 saturated heterocycles. The lowest BCUT2D eigenvalue weighted by molar-refractivity contribution is -0.133. The van der Waals surface area contributed by atoms with Crippen LogP contribution >= 0.6 is 0 Å². The summed E-state index contributed by atoms with van der Waals surface area (Å²) in [5.41, 5.74) is 0.910. The van der Waals surface area contributed by atoms with E-state index in [4.69, 9.17) is 9.84 Å². The van der Waals surface area contributed by atoms with Gasteiger partial charge in [0.25, 0.3) is 0 Å². The lowest BCUT2D eigenvalue weighted by Crippen LogP contribution is -2.50. The van der Waals surface area contributed by atoms with E-state index in [1.54, 1.807) is 12.0 Å². The van der Waals surface area contributed by atoms with E-state index in [2.05, 4.69) is 5.32 Å². The van der Waals surface area contributed by atoms with Crippen molar-refractivity contribution in [2.45, 2.75) is 19.4 Å². The summed E-state index contributed by atoms with van der Waals surface area (Å²) < 4.78 is 4.97. The highest BCUT2D eigenvalue weighted by Crippen LogP contribution is 2.06. The number of amides is 2. The minimum absolute atomic E-state index is 0.235. The summed E-state index contributed by atoms with van der Waals surface area (Å²) in [6.45, 7) is 3.23. The molecule has 1 atom stereocenters. The molecule has 116 valence electrons. The smallest absolute Gasteiger partial charge is 0.405 e. The van der Waals surface area contributed by atoms with Crippen LogP contribution in [0.3, 0.4) is 0 Å². The molecule has 2 amide bonds. The van der Waals surface area contributed by atoms with Crippen LogP contribution in [0.4, 0.5) is 4.79 Å². The first kappa shape index (κ1) is 17.0. The second-order valence-electron chi connectivity index (χ2n) is 4.60. The van der Waals surface area contributed by atoms with Crippen LogP contribution in [-0.4, -0.2) is 54.9 Å². The van der Waals surface area contributed by atoms with Crippen LogP contribution in [0.5, 0.6) is 0 Å². The normalized spacial score (nSPS) is 11.7. The van der Waals surface area contributed by atoms with Crippen LogP contribution in [0.2, 0.25) is 0 Å². The number of nitrogens with one attached hydrogen (secondary N) is 1. The number of nitrogens with zero attached hydrogens (tertiary/aromatic N) is 1. The molecule has 2 N–H and O–H groups in total. The molecule has 0 aliphatic rings. The summed E-state index contributed by atoms with van der Waals surface area (Å²) in [4.78, 5) is 25.0. The average Bonchev–Trinajstić information content (AvgIpc) is 2.47. The van der Waals surface area contributed by atoms with Crippen molar-refractivity contribution in [1.29, 1.82) is 0 Å². The maximum atomic E-state index is 12.5. The van der Waals surface area contributed by atoms with Gasteiger partial charge in [0.1, 0.15) is 6.04 Å². The fraction of sp³-hybridized carbons (Fsp3) is 0.467. The largest absolute Gasteiger partial charge is 0.465 e. The molecule has 0 aromatic heterocycles. The number of carboxylic acid groups (broad SMARTS) is 1. The van der Waals surface area contributed by atoms with Gasteiger partial charge in [-0.1, -0.05) is 30.3 Å². The zero-order valence-electron chi connectivity index (χ0n) is 12.4. The standard InChI is InChI=1S/C15H22N2O4/c1-3-17(9-10-21-2)14(18)13(16-15(19)20)11-12-7-5-4-6-8-12/h4-8,13,16H,3,9-11H2,1-2H3,(H,19,20).